The number of aryl methyl sites for hydroxylation is 1. The molecule has 2 aromatic rings. The van der Waals surface area contributed by atoms with Crippen LogP contribution in [-0.2, 0) is 13.1 Å². The second-order valence-electron chi connectivity index (χ2n) is 3.10. The van der Waals surface area contributed by atoms with Gasteiger partial charge in [0.2, 0.25) is 0 Å². The quantitative estimate of drug-likeness (QED) is 0.788. The Morgan fingerprint density at radius 2 is 2.29 bits per heavy atom. The van der Waals surface area contributed by atoms with E-state index in [0.29, 0.717) is 18.6 Å². The number of benzene rings is 1. The molecule has 0 aliphatic rings. The first-order chi connectivity index (χ1) is 6.77. The Morgan fingerprint density at radius 1 is 1.50 bits per heavy atom. The van der Waals surface area contributed by atoms with Crippen LogP contribution in [-0.4, -0.2) is 9.78 Å². The average Bonchev–Trinajstić information content (AvgIpc) is 2.57. The van der Waals surface area contributed by atoms with Crippen LogP contribution < -0.4 is 5.73 Å². The van der Waals surface area contributed by atoms with Gasteiger partial charge in [0.15, 0.2) is 5.82 Å². The Balaban J connectivity index is 2.79. The van der Waals surface area contributed by atoms with Crippen LogP contribution in [0, 0.1) is 5.82 Å². The van der Waals surface area contributed by atoms with Gasteiger partial charge in [0.25, 0.3) is 0 Å². The van der Waals surface area contributed by atoms with Crippen LogP contribution in [0.15, 0.2) is 18.2 Å². The third kappa shape index (κ3) is 1.19. The van der Waals surface area contributed by atoms with Gasteiger partial charge in [-0.1, -0.05) is 12.1 Å². The third-order valence-electron chi connectivity index (χ3n) is 2.32. The van der Waals surface area contributed by atoms with Crippen LogP contribution in [0.3, 0.4) is 0 Å². The summed E-state index contributed by atoms with van der Waals surface area (Å²) < 4.78 is 15.1. The molecule has 3 nitrogen and oxygen atoms in total. The standard InChI is InChI=1S/C10H12FN3/c1-2-14-9(6-12)7-4-3-5-8(11)10(7)13-14/h3-5H,2,6,12H2,1H3. The zero-order chi connectivity index (χ0) is 10.1. The van der Waals surface area contributed by atoms with E-state index in [9.17, 15) is 4.39 Å². The molecule has 0 bridgehead atoms. The maximum Gasteiger partial charge on any atom is 0.151 e. The smallest absolute Gasteiger partial charge is 0.151 e. The zero-order valence-corrected chi connectivity index (χ0v) is 8.00. The molecule has 74 valence electrons. The van der Waals surface area contributed by atoms with E-state index < -0.39 is 0 Å². The molecule has 0 atom stereocenters. The summed E-state index contributed by atoms with van der Waals surface area (Å²) in [5.41, 5.74) is 6.91. The van der Waals surface area contributed by atoms with Gasteiger partial charge in [-0.2, -0.15) is 5.10 Å². The second-order valence-corrected chi connectivity index (χ2v) is 3.10. The second kappa shape index (κ2) is 3.38. The summed E-state index contributed by atoms with van der Waals surface area (Å²) in [5, 5.41) is 4.98. The largest absolute Gasteiger partial charge is 0.325 e. The normalized spacial score (nSPS) is 11.1. The summed E-state index contributed by atoms with van der Waals surface area (Å²) >= 11 is 0. The van der Waals surface area contributed by atoms with Gasteiger partial charge in [-0.25, -0.2) is 4.39 Å². The summed E-state index contributed by atoms with van der Waals surface area (Å²) in [4.78, 5) is 0. The van der Waals surface area contributed by atoms with Gasteiger partial charge in [0.05, 0.1) is 5.69 Å². The Morgan fingerprint density at radius 3 is 2.93 bits per heavy atom. The highest BCUT2D eigenvalue weighted by Gasteiger charge is 2.11. The zero-order valence-electron chi connectivity index (χ0n) is 8.00. The van der Waals surface area contributed by atoms with Crippen molar-refractivity contribution in [1.29, 1.82) is 0 Å². The number of nitrogens with two attached hydrogens (primary N) is 1. The molecule has 0 aliphatic carbocycles. The molecule has 0 unspecified atom stereocenters. The van der Waals surface area contributed by atoms with Crippen LogP contribution >= 0.6 is 0 Å². The monoisotopic (exact) mass is 193 g/mol. The highest BCUT2D eigenvalue weighted by Crippen LogP contribution is 2.20. The molecular weight excluding hydrogens is 181 g/mol. The van der Waals surface area contributed by atoms with E-state index in [1.54, 1.807) is 10.7 Å². The first-order valence-corrected chi connectivity index (χ1v) is 4.62. The van der Waals surface area contributed by atoms with Crippen molar-refractivity contribution in [2.24, 2.45) is 5.73 Å². The lowest BCUT2D eigenvalue weighted by atomic mass is 10.2. The van der Waals surface area contributed by atoms with Gasteiger partial charge in [-0.05, 0) is 13.0 Å². The topological polar surface area (TPSA) is 43.8 Å². The lowest BCUT2D eigenvalue weighted by molar-refractivity contribution is 0.610. The van der Waals surface area contributed by atoms with Crippen molar-refractivity contribution < 1.29 is 4.39 Å². The first-order valence-electron chi connectivity index (χ1n) is 4.62. The molecule has 0 amide bonds. The van der Waals surface area contributed by atoms with Crippen molar-refractivity contribution in [1.82, 2.24) is 9.78 Å². The summed E-state index contributed by atoms with van der Waals surface area (Å²) in [6, 6.07) is 4.94. The van der Waals surface area contributed by atoms with Crippen molar-refractivity contribution >= 4 is 10.9 Å². The SMILES string of the molecule is CCn1nc2c(F)cccc2c1CN. The maximum absolute atomic E-state index is 13.3. The molecule has 0 radical (unpaired) electrons. The minimum Gasteiger partial charge on any atom is -0.325 e. The lowest BCUT2D eigenvalue weighted by Gasteiger charge is -2.00. The predicted octanol–water partition coefficient (Wildman–Crippen LogP) is 1.65. The van der Waals surface area contributed by atoms with Gasteiger partial charge < -0.3 is 5.73 Å². The molecule has 2 rings (SSSR count). The van der Waals surface area contributed by atoms with Crippen molar-refractivity contribution in [3.05, 3.63) is 29.7 Å². The highest BCUT2D eigenvalue weighted by atomic mass is 19.1. The van der Waals surface area contributed by atoms with E-state index in [4.69, 9.17) is 5.73 Å². The Labute approximate surface area is 81.3 Å². The molecule has 0 saturated heterocycles. The van der Waals surface area contributed by atoms with Gasteiger partial charge in [0.1, 0.15) is 5.52 Å². The number of fused-ring (bicyclic) bond motifs is 1. The molecule has 1 aromatic heterocycles. The van der Waals surface area contributed by atoms with E-state index in [1.165, 1.54) is 6.07 Å². The number of hydrogen-bond acceptors (Lipinski definition) is 2. The minimum absolute atomic E-state index is 0.288. The molecule has 0 spiro atoms. The number of hydrogen-bond donors (Lipinski definition) is 1. The van der Waals surface area contributed by atoms with Gasteiger partial charge in [0, 0.05) is 18.5 Å². The predicted molar refractivity (Wildman–Crippen MR) is 53.3 cm³/mol. The minimum atomic E-state index is -0.288. The van der Waals surface area contributed by atoms with Gasteiger partial charge in [-0.3, -0.25) is 4.68 Å². The summed E-state index contributed by atoms with van der Waals surface area (Å²) in [6.45, 7) is 3.05. The number of aromatic nitrogens is 2. The van der Waals surface area contributed by atoms with Crippen molar-refractivity contribution in [3.63, 3.8) is 0 Å². The van der Waals surface area contributed by atoms with Crippen molar-refractivity contribution in [2.75, 3.05) is 0 Å². The highest BCUT2D eigenvalue weighted by molar-refractivity contribution is 5.82. The number of rotatable bonds is 2. The van der Waals surface area contributed by atoms with E-state index in [0.717, 1.165) is 11.1 Å². The van der Waals surface area contributed by atoms with E-state index in [1.807, 2.05) is 13.0 Å². The fraction of sp³-hybridized carbons (Fsp3) is 0.300. The fourth-order valence-corrected chi connectivity index (χ4v) is 1.65. The fourth-order valence-electron chi connectivity index (χ4n) is 1.65. The van der Waals surface area contributed by atoms with Crippen LogP contribution in [0.1, 0.15) is 12.6 Å². The molecule has 14 heavy (non-hydrogen) atoms. The van der Waals surface area contributed by atoms with Gasteiger partial charge >= 0.3 is 0 Å². The lowest BCUT2D eigenvalue weighted by Crippen LogP contribution is -2.07. The molecular formula is C10H12FN3. The molecule has 2 N–H and O–H groups in total. The van der Waals surface area contributed by atoms with Crippen LogP contribution in [0.2, 0.25) is 0 Å². The summed E-state index contributed by atoms with van der Waals surface area (Å²) in [6.07, 6.45) is 0. The molecule has 0 saturated carbocycles. The summed E-state index contributed by atoms with van der Waals surface area (Å²) in [7, 11) is 0. The molecule has 1 aromatic carbocycles. The van der Waals surface area contributed by atoms with Gasteiger partial charge in [-0.15, -0.1) is 0 Å². The Bertz CT molecular complexity index is 462. The average molecular weight is 193 g/mol. The number of halogens is 1. The first kappa shape index (κ1) is 9.15. The van der Waals surface area contributed by atoms with Crippen LogP contribution in [0.25, 0.3) is 10.9 Å². The third-order valence-corrected chi connectivity index (χ3v) is 2.32. The molecule has 4 heteroatoms. The van der Waals surface area contributed by atoms with E-state index in [2.05, 4.69) is 5.10 Å². The number of nitrogens with zero attached hydrogens (tertiary/aromatic N) is 2. The molecule has 0 aliphatic heterocycles. The van der Waals surface area contributed by atoms with Crippen LogP contribution in [0.4, 0.5) is 4.39 Å². The Hall–Kier alpha value is -1.42. The maximum atomic E-state index is 13.3. The van der Waals surface area contributed by atoms with E-state index in [-0.39, 0.29) is 5.82 Å². The Kier molecular flexibility index (Phi) is 2.21. The van der Waals surface area contributed by atoms with Crippen molar-refractivity contribution in [3.8, 4) is 0 Å². The van der Waals surface area contributed by atoms with Crippen LogP contribution in [0.5, 0.6) is 0 Å². The van der Waals surface area contributed by atoms with E-state index >= 15 is 0 Å². The molecule has 1 heterocycles. The molecule has 0 fully saturated rings. The summed E-state index contributed by atoms with van der Waals surface area (Å²) in [5.74, 6) is -0.288. The van der Waals surface area contributed by atoms with Crippen molar-refractivity contribution in [2.45, 2.75) is 20.0 Å².